The van der Waals surface area contributed by atoms with E-state index in [0.29, 0.717) is 26.1 Å². The molecule has 1 aliphatic rings. The number of carbonyl (C=O) groups is 2. The third kappa shape index (κ3) is 7.42. The van der Waals surface area contributed by atoms with Crippen LogP contribution in [0.15, 0.2) is 30.3 Å². The van der Waals surface area contributed by atoms with Crippen molar-refractivity contribution in [3.05, 3.63) is 35.9 Å². The summed E-state index contributed by atoms with van der Waals surface area (Å²) in [5.41, 5.74) is 1.04. The number of hydrogen-bond acceptors (Lipinski definition) is 5. The molecule has 0 aliphatic carbocycles. The van der Waals surface area contributed by atoms with E-state index in [1.807, 2.05) is 36.6 Å². The minimum Gasteiger partial charge on any atom is -0.464 e. The lowest BCUT2D eigenvalue weighted by atomic mass is 10.2. The quantitative estimate of drug-likeness (QED) is 0.618. The Morgan fingerprint density at radius 1 is 1.37 bits per heavy atom. The van der Waals surface area contributed by atoms with Crippen LogP contribution >= 0.6 is 11.8 Å². The van der Waals surface area contributed by atoms with Crippen LogP contribution in [0.5, 0.6) is 0 Å². The normalized spacial score (nSPS) is 17.3. The first-order chi connectivity index (χ1) is 13.1. The standard InChI is InChI=1S/C20H30N2O4S/c1-3-25-19(23)18(11-13-27-2)21-20(24)22(15-17-10-7-12-26-17)14-16-8-5-4-6-9-16/h4-6,8-9,17-18H,3,7,10-15H2,1-2H3,(H,21,24). The molecular weight excluding hydrogens is 364 g/mol. The SMILES string of the molecule is CCOC(=O)C(CCSC)NC(=O)N(Cc1ccccc1)CC1CCCO1. The molecule has 2 unspecified atom stereocenters. The molecule has 0 aromatic heterocycles. The second-order valence-corrected chi connectivity index (χ2v) is 7.52. The number of urea groups is 1. The summed E-state index contributed by atoms with van der Waals surface area (Å²) in [6.07, 6.45) is 4.54. The molecule has 2 rings (SSSR count). The zero-order valence-corrected chi connectivity index (χ0v) is 17.0. The molecule has 1 aromatic rings. The van der Waals surface area contributed by atoms with Crippen molar-refractivity contribution in [3.8, 4) is 0 Å². The van der Waals surface area contributed by atoms with Crippen LogP contribution in [0.3, 0.4) is 0 Å². The van der Waals surface area contributed by atoms with Gasteiger partial charge in [0.25, 0.3) is 0 Å². The highest BCUT2D eigenvalue weighted by Crippen LogP contribution is 2.16. The molecule has 1 aliphatic heterocycles. The van der Waals surface area contributed by atoms with Crippen LogP contribution in [0.25, 0.3) is 0 Å². The summed E-state index contributed by atoms with van der Waals surface area (Å²) in [5, 5.41) is 2.87. The lowest BCUT2D eigenvalue weighted by Gasteiger charge is -2.28. The number of rotatable bonds is 10. The lowest BCUT2D eigenvalue weighted by molar-refractivity contribution is -0.145. The average Bonchev–Trinajstić information content (AvgIpc) is 3.18. The Balaban J connectivity index is 2.05. The van der Waals surface area contributed by atoms with Gasteiger partial charge in [-0.1, -0.05) is 30.3 Å². The van der Waals surface area contributed by atoms with Crippen LogP contribution in [0.2, 0.25) is 0 Å². The van der Waals surface area contributed by atoms with Gasteiger partial charge in [0, 0.05) is 19.7 Å². The molecule has 27 heavy (non-hydrogen) atoms. The molecule has 0 radical (unpaired) electrons. The molecule has 1 N–H and O–H groups in total. The molecule has 0 saturated carbocycles. The van der Waals surface area contributed by atoms with Crippen LogP contribution < -0.4 is 5.32 Å². The second-order valence-electron chi connectivity index (χ2n) is 6.54. The van der Waals surface area contributed by atoms with Crippen LogP contribution in [0.4, 0.5) is 4.79 Å². The second kappa shape index (κ2) is 11.9. The maximum Gasteiger partial charge on any atom is 0.328 e. The predicted octanol–water partition coefficient (Wildman–Crippen LogP) is 3.06. The summed E-state index contributed by atoms with van der Waals surface area (Å²) in [5.74, 6) is 0.394. The summed E-state index contributed by atoms with van der Waals surface area (Å²) in [6.45, 7) is 3.80. The van der Waals surface area contributed by atoms with Gasteiger partial charge in [-0.2, -0.15) is 11.8 Å². The number of benzene rings is 1. The maximum absolute atomic E-state index is 13.0. The first-order valence-corrected chi connectivity index (χ1v) is 10.9. The van der Waals surface area contributed by atoms with Crippen molar-refractivity contribution in [3.63, 3.8) is 0 Å². The molecule has 0 bridgehead atoms. The molecule has 1 fully saturated rings. The Kier molecular flexibility index (Phi) is 9.48. The van der Waals surface area contributed by atoms with E-state index in [2.05, 4.69) is 5.32 Å². The predicted molar refractivity (Wildman–Crippen MR) is 108 cm³/mol. The number of amides is 2. The number of carbonyl (C=O) groups excluding carboxylic acids is 2. The van der Waals surface area contributed by atoms with E-state index in [0.717, 1.165) is 30.8 Å². The topological polar surface area (TPSA) is 67.9 Å². The fraction of sp³-hybridized carbons (Fsp3) is 0.600. The smallest absolute Gasteiger partial charge is 0.328 e. The monoisotopic (exact) mass is 394 g/mol. The highest BCUT2D eigenvalue weighted by Gasteiger charge is 2.27. The molecule has 6 nitrogen and oxygen atoms in total. The minimum atomic E-state index is -0.632. The number of nitrogens with zero attached hydrogens (tertiary/aromatic N) is 1. The summed E-state index contributed by atoms with van der Waals surface area (Å²) in [7, 11) is 0. The highest BCUT2D eigenvalue weighted by atomic mass is 32.2. The fourth-order valence-corrected chi connectivity index (χ4v) is 3.50. The first kappa shape index (κ1) is 21.6. The van der Waals surface area contributed by atoms with Crippen molar-refractivity contribution >= 4 is 23.8 Å². The van der Waals surface area contributed by atoms with E-state index < -0.39 is 6.04 Å². The van der Waals surface area contributed by atoms with Gasteiger partial charge in [-0.05, 0) is 43.8 Å². The van der Waals surface area contributed by atoms with E-state index in [4.69, 9.17) is 9.47 Å². The number of ether oxygens (including phenoxy) is 2. The van der Waals surface area contributed by atoms with Gasteiger partial charge in [0.05, 0.1) is 12.7 Å². The van der Waals surface area contributed by atoms with Crippen molar-refractivity contribution in [2.24, 2.45) is 0 Å². The molecular formula is C20H30N2O4S. The van der Waals surface area contributed by atoms with Crippen molar-refractivity contribution in [2.45, 2.75) is 44.9 Å². The van der Waals surface area contributed by atoms with Gasteiger partial charge in [-0.3, -0.25) is 0 Å². The van der Waals surface area contributed by atoms with Gasteiger partial charge in [0.15, 0.2) is 0 Å². The Hall–Kier alpha value is -1.73. The van der Waals surface area contributed by atoms with Crippen molar-refractivity contribution < 1.29 is 19.1 Å². The first-order valence-electron chi connectivity index (χ1n) is 9.50. The molecule has 2 amide bonds. The Labute approximate surface area is 166 Å². The third-order valence-corrected chi connectivity index (χ3v) is 5.07. The van der Waals surface area contributed by atoms with Crippen LogP contribution in [0.1, 0.15) is 31.7 Å². The summed E-state index contributed by atoms with van der Waals surface area (Å²) < 4.78 is 10.8. The van der Waals surface area contributed by atoms with Gasteiger partial charge < -0.3 is 19.7 Å². The van der Waals surface area contributed by atoms with Crippen molar-refractivity contribution in [1.29, 1.82) is 0 Å². The van der Waals surface area contributed by atoms with E-state index in [-0.39, 0.29) is 18.1 Å². The van der Waals surface area contributed by atoms with Crippen molar-refractivity contribution in [1.82, 2.24) is 10.2 Å². The van der Waals surface area contributed by atoms with E-state index >= 15 is 0 Å². The number of nitrogens with one attached hydrogen (secondary N) is 1. The Bertz CT molecular complexity index is 579. The Morgan fingerprint density at radius 2 is 2.15 bits per heavy atom. The fourth-order valence-electron chi connectivity index (χ4n) is 3.03. The number of hydrogen-bond donors (Lipinski definition) is 1. The van der Waals surface area contributed by atoms with E-state index in [1.54, 1.807) is 23.6 Å². The van der Waals surface area contributed by atoms with E-state index in [9.17, 15) is 9.59 Å². The van der Waals surface area contributed by atoms with Gasteiger partial charge in [-0.15, -0.1) is 0 Å². The van der Waals surface area contributed by atoms with Crippen molar-refractivity contribution in [2.75, 3.05) is 31.8 Å². The summed E-state index contributed by atoms with van der Waals surface area (Å²) in [4.78, 5) is 26.9. The van der Waals surface area contributed by atoms with Crippen LogP contribution in [-0.4, -0.2) is 60.8 Å². The molecule has 150 valence electrons. The highest BCUT2D eigenvalue weighted by molar-refractivity contribution is 7.98. The summed E-state index contributed by atoms with van der Waals surface area (Å²) in [6, 6.07) is 8.96. The van der Waals surface area contributed by atoms with Crippen LogP contribution in [-0.2, 0) is 20.8 Å². The van der Waals surface area contributed by atoms with Crippen LogP contribution in [0, 0.1) is 0 Å². The summed E-state index contributed by atoms with van der Waals surface area (Å²) >= 11 is 1.64. The zero-order valence-electron chi connectivity index (χ0n) is 16.2. The van der Waals surface area contributed by atoms with Gasteiger partial charge in [0.1, 0.15) is 6.04 Å². The third-order valence-electron chi connectivity index (χ3n) is 4.43. The maximum atomic E-state index is 13.0. The Morgan fingerprint density at radius 3 is 2.78 bits per heavy atom. The largest absolute Gasteiger partial charge is 0.464 e. The molecule has 7 heteroatoms. The lowest BCUT2D eigenvalue weighted by Crippen LogP contribution is -2.50. The molecule has 2 atom stereocenters. The molecule has 1 heterocycles. The average molecular weight is 395 g/mol. The molecule has 0 spiro atoms. The number of thioether (sulfide) groups is 1. The number of esters is 1. The molecule has 1 aromatic carbocycles. The van der Waals surface area contributed by atoms with Gasteiger partial charge >= 0.3 is 12.0 Å². The van der Waals surface area contributed by atoms with Gasteiger partial charge in [-0.25, -0.2) is 9.59 Å². The van der Waals surface area contributed by atoms with Gasteiger partial charge in [0.2, 0.25) is 0 Å². The minimum absolute atomic E-state index is 0.0479. The molecule has 1 saturated heterocycles. The van der Waals surface area contributed by atoms with E-state index in [1.165, 1.54) is 0 Å². The zero-order chi connectivity index (χ0) is 19.5.